The number of aromatic nitrogens is 1. The van der Waals surface area contributed by atoms with Crippen LogP contribution in [0.1, 0.15) is 5.56 Å². The maximum Gasteiger partial charge on any atom is 0.266 e. The molecule has 20 heavy (non-hydrogen) atoms. The van der Waals surface area contributed by atoms with E-state index in [-0.39, 0.29) is 20.8 Å². The van der Waals surface area contributed by atoms with Crippen molar-refractivity contribution in [3.05, 3.63) is 50.5 Å². The predicted octanol–water partition coefficient (Wildman–Crippen LogP) is 4.26. The molecule has 1 N–H and O–H groups in total. The number of sulfonamides is 1. The zero-order valence-electron chi connectivity index (χ0n) is 10.2. The minimum Gasteiger partial charge on any atom is -0.263 e. The fourth-order valence-corrected chi connectivity index (χ4v) is 4.58. The summed E-state index contributed by atoms with van der Waals surface area (Å²) in [5, 5.41) is 0.0657. The minimum atomic E-state index is -3.91. The first-order chi connectivity index (χ1) is 9.31. The summed E-state index contributed by atoms with van der Waals surface area (Å²) in [5.41, 5.74) is 0.695. The lowest BCUT2D eigenvalue weighted by Crippen LogP contribution is -2.15. The monoisotopic (exact) mass is 394 g/mol. The molecule has 2 rings (SSSR count). The fourth-order valence-electron chi connectivity index (χ4n) is 1.56. The summed E-state index contributed by atoms with van der Waals surface area (Å²) < 4.78 is 27.7. The summed E-state index contributed by atoms with van der Waals surface area (Å²) in [7, 11) is -3.91. The third-order valence-corrected chi connectivity index (χ3v) is 5.19. The van der Waals surface area contributed by atoms with Gasteiger partial charge < -0.3 is 0 Å². The fraction of sp³-hybridized carbons (Fsp3) is 0.0833. The van der Waals surface area contributed by atoms with Crippen LogP contribution in [0.2, 0.25) is 10.0 Å². The van der Waals surface area contributed by atoms with Crippen molar-refractivity contribution >= 4 is 55.0 Å². The molecule has 8 heteroatoms. The largest absolute Gasteiger partial charge is 0.266 e. The molecule has 0 spiro atoms. The number of benzene rings is 1. The first-order valence-corrected chi connectivity index (χ1v) is 8.43. The van der Waals surface area contributed by atoms with Gasteiger partial charge in [0.15, 0.2) is 0 Å². The Labute approximate surface area is 135 Å². The van der Waals surface area contributed by atoms with Crippen molar-refractivity contribution in [2.24, 2.45) is 0 Å². The lowest BCUT2D eigenvalue weighted by molar-refractivity contribution is 0.601. The number of rotatable bonds is 3. The molecule has 0 unspecified atom stereocenters. The van der Waals surface area contributed by atoms with Gasteiger partial charge in [0.25, 0.3) is 10.0 Å². The molecule has 0 saturated carbocycles. The van der Waals surface area contributed by atoms with Crippen molar-refractivity contribution in [2.45, 2.75) is 11.8 Å². The molecule has 0 bridgehead atoms. The molecular weight excluding hydrogens is 387 g/mol. The van der Waals surface area contributed by atoms with Gasteiger partial charge >= 0.3 is 0 Å². The van der Waals surface area contributed by atoms with Gasteiger partial charge in [-0.2, -0.15) is 0 Å². The number of pyridine rings is 1. The lowest BCUT2D eigenvalue weighted by atomic mass is 10.3. The van der Waals surface area contributed by atoms with Crippen LogP contribution < -0.4 is 4.72 Å². The highest BCUT2D eigenvalue weighted by Gasteiger charge is 2.23. The molecule has 0 fully saturated rings. The highest BCUT2D eigenvalue weighted by molar-refractivity contribution is 9.10. The van der Waals surface area contributed by atoms with E-state index in [1.54, 1.807) is 19.1 Å². The molecule has 0 aliphatic rings. The molecule has 0 atom stereocenters. The van der Waals surface area contributed by atoms with Gasteiger partial charge in [-0.3, -0.25) is 4.72 Å². The Balaban J connectivity index is 2.50. The second-order valence-corrected chi connectivity index (χ2v) is 7.32. The average molecular weight is 396 g/mol. The topological polar surface area (TPSA) is 59.1 Å². The molecule has 1 heterocycles. The summed E-state index contributed by atoms with van der Waals surface area (Å²) in [6.07, 6.45) is 1.50. The Kier molecular flexibility index (Phi) is 4.59. The van der Waals surface area contributed by atoms with E-state index >= 15 is 0 Å². The number of halogens is 3. The molecule has 0 radical (unpaired) electrons. The van der Waals surface area contributed by atoms with Crippen LogP contribution >= 0.6 is 39.1 Å². The Bertz CT molecular complexity index is 743. The van der Waals surface area contributed by atoms with E-state index in [2.05, 4.69) is 25.6 Å². The molecule has 106 valence electrons. The summed E-state index contributed by atoms with van der Waals surface area (Å²) >= 11 is 15.1. The number of anilines is 1. The van der Waals surface area contributed by atoms with Crippen LogP contribution in [0, 0.1) is 6.92 Å². The van der Waals surface area contributed by atoms with Gasteiger partial charge in [-0.05, 0) is 30.7 Å². The van der Waals surface area contributed by atoms with Crippen LogP contribution in [0.4, 0.5) is 5.82 Å². The van der Waals surface area contributed by atoms with E-state index in [0.717, 1.165) is 0 Å². The van der Waals surface area contributed by atoms with Gasteiger partial charge in [0.1, 0.15) is 10.7 Å². The quantitative estimate of drug-likeness (QED) is 0.844. The van der Waals surface area contributed by atoms with Gasteiger partial charge in [-0.1, -0.05) is 45.2 Å². The Morgan fingerprint density at radius 1 is 1.25 bits per heavy atom. The molecule has 0 aliphatic heterocycles. The van der Waals surface area contributed by atoms with Crippen molar-refractivity contribution in [3.63, 3.8) is 0 Å². The third kappa shape index (κ3) is 3.25. The highest BCUT2D eigenvalue weighted by Crippen LogP contribution is 2.33. The van der Waals surface area contributed by atoms with Crippen LogP contribution in [-0.4, -0.2) is 13.4 Å². The maximum atomic E-state index is 12.4. The number of nitrogens with zero attached hydrogens (tertiary/aromatic N) is 1. The van der Waals surface area contributed by atoms with Crippen LogP contribution in [0.15, 0.2) is 39.8 Å². The van der Waals surface area contributed by atoms with Crippen LogP contribution in [0.25, 0.3) is 0 Å². The van der Waals surface area contributed by atoms with Crippen molar-refractivity contribution in [2.75, 3.05) is 4.72 Å². The van der Waals surface area contributed by atoms with E-state index in [1.807, 2.05) is 0 Å². The smallest absolute Gasteiger partial charge is 0.263 e. The molecule has 1 aromatic carbocycles. The van der Waals surface area contributed by atoms with Crippen molar-refractivity contribution in [3.8, 4) is 0 Å². The Hall–Kier alpha value is -0.820. The average Bonchev–Trinajstić information content (AvgIpc) is 2.30. The van der Waals surface area contributed by atoms with Gasteiger partial charge in [-0.25, -0.2) is 13.4 Å². The highest BCUT2D eigenvalue weighted by atomic mass is 79.9. The SMILES string of the molecule is Cc1cccnc1NS(=O)(=O)c1c(Cl)cc(Br)cc1Cl. The molecular formula is C12H9BrCl2N2O2S. The third-order valence-electron chi connectivity index (χ3n) is 2.47. The molecule has 1 aromatic heterocycles. The standard InChI is InChI=1S/C12H9BrCl2N2O2S/c1-7-3-2-4-16-12(7)17-20(18,19)11-9(14)5-8(13)6-10(11)15/h2-6H,1H3,(H,16,17). The van der Waals surface area contributed by atoms with Gasteiger partial charge in [0.05, 0.1) is 10.0 Å². The first-order valence-electron chi connectivity index (χ1n) is 5.40. The number of hydrogen-bond donors (Lipinski definition) is 1. The Morgan fingerprint density at radius 3 is 2.40 bits per heavy atom. The first kappa shape index (κ1) is 15.6. The van der Waals surface area contributed by atoms with E-state index < -0.39 is 10.0 Å². The minimum absolute atomic E-state index is 0.0328. The van der Waals surface area contributed by atoms with E-state index in [9.17, 15) is 8.42 Å². The molecule has 0 saturated heterocycles. The summed E-state index contributed by atoms with van der Waals surface area (Å²) in [6.45, 7) is 1.75. The molecule has 0 amide bonds. The van der Waals surface area contributed by atoms with Crippen molar-refractivity contribution < 1.29 is 8.42 Å². The lowest BCUT2D eigenvalue weighted by Gasteiger charge is -2.12. The summed E-state index contributed by atoms with van der Waals surface area (Å²) in [5.74, 6) is 0.238. The van der Waals surface area contributed by atoms with E-state index in [1.165, 1.54) is 18.3 Å². The molecule has 2 aromatic rings. The summed E-state index contributed by atoms with van der Waals surface area (Å²) in [6, 6.07) is 6.39. The number of nitrogens with one attached hydrogen (secondary N) is 1. The second-order valence-electron chi connectivity index (χ2n) is 3.97. The zero-order valence-corrected chi connectivity index (χ0v) is 14.1. The number of aryl methyl sites for hydroxylation is 1. The van der Waals surface area contributed by atoms with Crippen LogP contribution in [0.5, 0.6) is 0 Å². The normalized spacial score (nSPS) is 11.4. The molecule has 0 aliphatic carbocycles. The number of hydrogen-bond acceptors (Lipinski definition) is 3. The van der Waals surface area contributed by atoms with Gasteiger partial charge in [-0.15, -0.1) is 0 Å². The molecule has 4 nitrogen and oxygen atoms in total. The van der Waals surface area contributed by atoms with E-state index in [0.29, 0.717) is 10.0 Å². The predicted molar refractivity (Wildman–Crippen MR) is 83.9 cm³/mol. The van der Waals surface area contributed by atoms with Gasteiger partial charge in [0, 0.05) is 10.7 Å². The Morgan fingerprint density at radius 2 is 1.85 bits per heavy atom. The van der Waals surface area contributed by atoms with Crippen LogP contribution in [-0.2, 0) is 10.0 Å². The van der Waals surface area contributed by atoms with Crippen LogP contribution in [0.3, 0.4) is 0 Å². The van der Waals surface area contributed by atoms with Crippen molar-refractivity contribution in [1.29, 1.82) is 0 Å². The second kappa shape index (κ2) is 5.89. The maximum absolute atomic E-state index is 12.4. The van der Waals surface area contributed by atoms with Gasteiger partial charge in [0.2, 0.25) is 0 Å². The van der Waals surface area contributed by atoms with Crippen molar-refractivity contribution in [1.82, 2.24) is 4.98 Å². The van der Waals surface area contributed by atoms with E-state index in [4.69, 9.17) is 23.2 Å². The zero-order chi connectivity index (χ0) is 14.9. The summed E-state index contributed by atoms with van der Waals surface area (Å²) in [4.78, 5) is 3.81.